The van der Waals surface area contributed by atoms with Crippen molar-refractivity contribution >= 4 is 11.8 Å². The van der Waals surface area contributed by atoms with Crippen molar-refractivity contribution in [1.29, 1.82) is 0 Å². The number of rotatable bonds is 8. The highest BCUT2D eigenvalue weighted by Crippen LogP contribution is 2.32. The third-order valence-corrected chi connectivity index (χ3v) is 6.99. The molecule has 2 heterocycles. The maximum Gasteiger partial charge on any atom is 0.320 e. The van der Waals surface area contributed by atoms with E-state index in [-0.39, 0.29) is 18.0 Å². The molecule has 5 rings (SSSR count). The van der Waals surface area contributed by atoms with E-state index in [1.54, 1.807) is 14.2 Å². The third kappa shape index (κ3) is 5.04. The number of fused-ring (bicyclic) bond motifs is 1. The number of benzene rings is 2. The molecular formula is C27H33N5O3. The summed E-state index contributed by atoms with van der Waals surface area (Å²) in [5.74, 6) is 1.74. The summed E-state index contributed by atoms with van der Waals surface area (Å²) in [5, 5.41) is 11.2. The van der Waals surface area contributed by atoms with E-state index in [2.05, 4.69) is 27.7 Å². The Bertz CT molecular complexity index is 1160. The molecule has 2 aliphatic rings. The van der Waals surface area contributed by atoms with Gasteiger partial charge in [0.25, 0.3) is 0 Å². The van der Waals surface area contributed by atoms with Crippen LogP contribution in [-0.2, 0) is 17.6 Å². The Hall–Kier alpha value is -3.36. The Kier molecular flexibility index (Phi) is 7.01. The number of aryl methyl sites for hydroxylation is 1. The van der Waals surface area contributed by atoms with Gasteiger partial charge in [-0.3, -0.25) is 10.2 Å². The van der Waals surface area contributed by atoms with Gasteiger partial charge in [0.05, 0.1) is 31.1 Å². The summed E-state index contributed by atoms with van der Waals surface area (Å²) < 4.78 is 12.6. The lowest BCUT2D eigenvalue weighted by Crippen LogP contribution is -2.42. The molecule has 0 saturated carbocycles. The van der Waals surface area contributed by atoms with Crippen LogP contribution in [0.5, 0.6) is 5.75 Å². The number of amides is 2. The van der Waals surface area contributed by atoms with Gasteiger partial charge in [-0.25, -0.2) is 9.48 Å². The quantitative estimate of drug-likeness (QED) is 0.520. The minimum Gasteiger partial charge on any atom is -0.497 e. The second-order valence-corrected chi connectivity index (χ2v) is 9.22. The number of urea groups is 1. The zero-order chi connectivity index (χ0) is 24.2. The number of para-hydroxylation sites is 1. The van der Waals surface area contributed by atoms with E-state index < -0.39 is 0 Å². The third-order valence-electron chi connectivity index (χ3n) is 6.99. The van der Waals surface area contributed by atoms with Gasteiger partial charge in [0.2, 0.25) is 0 Å². The summed E-state index contributed by atoms with van der Waals surface area (Å²) in [6.07, 6.45) is 2.94. The van der Waals surface area contributed by atoms with Gasteiger partial charge in [0.15, 0.2) is 0 Å². The van der Waals surface area contributed by atoms with Crippen LogP contribution in [0.2, 0.25) is 0 Å². The minimum absolute atomic E-state index is 0.0416. The van der Waals surface area contributed by atoms with Crippen molar-refractivity contribution in [2.45, 2.75) is 31.2 Å². The fourth-order valence-corrected chi connectivity index (χ4v) is 5.23. The molecular weight excluding hydrogens is 442 g/mol. The van der Waals surface area contributed by atoms with E-state index in [0.29, 0.717) is 6.61 Å². The molecule has 8 heteroatoms. The lowest BCUT2D eigenvalue weighted by molar-refractivity contribution is 0.159. The second kappa shape index (κ2) is 10.5. The minimum atomic E-state index is -0.205. The Morgan fingerprint density at radius 2 is 1.94 bits per heavy atom. The first-order chi connectivity index (χ1) is 17.2. The first-order valence-corrected chi connectivity index (χ1v) is 12.2. The van der Waals surface area contributed by atoms with Crippen LogP contribution >= 0.6 is 0 Å². The van der Waals surface area contributed by atoms with Crippen LogP contribution in [0.25, 0.3) is 5.69 Å². The van der Waals surface area contributed by atoms with Gasteiger partial charge in [0.1, 0.15) is 11.6 Å². The fourth-order valence-electron chi connectivity index (χ4n) is 5.23. The van der Waals surface area contributed by atoms with Crippen molar-refractivity contribution in [3.8, 4) is 11.4 Å². The van der Waals surface area contributed by atoms with E-state index in [9.17, 15) is 4.79 Å². The monoisotopic (exact) mass is 475 g/mol. The number of aromatic nitrogens is 2. The number of hydrogen-bond donors (Lipinski definition) is 2. The second-order valence-electron chi connectivity index (χ2n) is 9.22. The van der Waals surface area contributed by atoms with E-state index in [0.717, 1.165) is 73.0 Å². The molecule has 2 amide bonds. The average molecular weight is 476 g/mol. The van der Waals surface area contributed by atoms with Gasteiger partial charge < -0.3 is 14.8 Å². The zero-order valence-electron chi connectivity index (χ0n) is 20.4. The highest BCUT2D eigenvalue weighted by molar-refractivity contribution is 5.90. The van der Waals surface area contributed by atoms with Crippen LogP contribution in [-0.4, -0.2) is 67.2 Å². The molecule has 0 unspecified atom stereocenters. The highest BCUT2D eigenvalue weighted by atomic mass is 16.5. The normalized spacial score (nSPS) is 19.5. The number of likely N-dealkylation sites (tertiary alicyclic amines) is 1. The number of nitrogens with one attached hydrogen (secondary N) is 2. The van der Waals surface area contributed by atoms with Crippen molar-refractivity contribution < 1.29 is 14.3 Å². The van der Waals surface area contributed by atoms with Crippen LogP contribution in [0.1, 0.15) is 29.2 Å². The summed E-state index contributed by atoms with van der Waals surface area (Å²) in [7, 11) is 3.39. The molecule has 0 bridgehead atoms. The Morgan fingerprint density at radius 3 is 2.74 bits per heavy atom. The van der Waals surface area contributed by atoms with Crippen LogP contribution in [0, 0.1) is 0 Å². The molecule has 1 fully saturated rings. The molecule has 1 saturated heterocycles. The van der Waals surface area contributed by atoms with Crippen molar-refractivity contribution in [2.24, 2.45) is 0 Å². The van der Waals surface area contributed by atoms with Gasteiger partial charge in [0, 0.05) is 38.2 Å². The average Bonchev–Trinajstić information content (AvgIpc) is 3.59. The fraction of sp³-hybridized carbons (Fsp3) is 0.407. The van der Waals surface area contributed by atoms with Crippen LogP contribution in [0.4, 0.5) is 10.6 Å². The van der Waals surface area contributed by atoms with Gasteiger partial charge in [-0.2, -0.15) is 5.10 Å². The number of carbonyl (C=O) groups is 1. The number of hydrogen-bond acceptors (Lipinski definition) is 5. The SMILES string of the molecule is COCCN1C[C@@H](NC(=O)Nc2c3c(nn2-c2ccccc2)CCC3)[C@H](c2cccc(OC)c2)C1. The standard InChI is InChI=1S/C27H33N5O3/c1-34-15-14-31-17-23(19-8-6-11-21(16-19)35-2)25(18-31)28-27(33)29-26-22-12-7-13-24(22)30-32(26)20-9-4-3-5-10-20/h3-6,8-11,16,23,25H,7,12-15,17-18H2,1-2H3,(H2,28,29,33)/t23-,25+/m0/s1. The molecule has 2 N–H and O–H groups in total. The first-order valence-electron chi connectivity index (χ1n) is 12.2. The summed E-state index contributed by atoms with van der Waals surface area (Å²) in [5.41, 5.74) is 4.31. The summed E-state index contributed by atoms with van der Waals surface area (Å²) in [4.78, 5) is 15.7. The van der Waals surface area contributed by atoms with Crippen LogP contribution in [0.15, 0.2) is 54.6 Å². The molecule has 35 heavy (non-hydrogen) atoms. The molecule has 2 atom stereocenters. The number of nitrogens with zero attached hydrogens (tertiary/aromatic N) is 3. The Balaban J connectivity index is 1.36. The molecule has 0 spiro atoms. The smallest absolute Gasteiger partial charge is 0.320 e. The molecule has 0 radical (unpaired) electrons. The van der Waals surface area contributed by atoms with Crippen molar-refractivity contribution in [2.75, 3.05) is 45.8 Å². The Morgan fingerprint density at radius 1 is 1.09 bits per heavy atom. The number of anilines is 1. The molecule has 184 valence electrons. The highest BCUT2D eigenvalue weighted by Gasteiger charge is 2.35. The molecule has 2 aromatic carbocycles. The van der Waals surface area contributed by atoms with E-state index in [4.69, 9.17) is 14.6 Å². The van der Waals surface area contributed by atoms with Gasteiger partial charge in [-0.15, -0.1) is 0 Å². The van der Waals surface area contributed by atoms with Crippen molar-refractivity contribution in [3.05, 3.63) is 71.4 Å². The van der Waals surface area contributed by atoms with E-state index in [1.807, 2.05) is 47.1 Å². The Labute approximate surface area is 206 Å². The lowest BCUT2D eigenvalue weighted by Gasteiger charge is -2.21. The van der Waals surface area contributed by atoms with Gasteiger partial charge >= 0.3 is 6.03 Å². The molecule has 1 aromatic heterocycles. The largest absolute Gasteiger partial charge is 0.497 e. The maximum atomic E-state index is 13.3. The van der Waals surface area contributed by atoms with Crippen molar-refractivity contribution in [3.63, 3.8) is 0 Å². The maximum absolute atomic E-state index is 13.3. The topological polar surface area (TPSA) is 80.7 Å². The van der Waals surface area contributed by atoms with E-state index >= 15 is 0 Å². The number of ether oxygens (including phenoxy) is 2. The van der Waals surface area contributed by atoms with Gasteiger partial charge in [-0.05, 0) is 49.1 Å². The van der Waals surface area contributed by atoms with E-state index in [1.165, 1.54) is 0 Å². The number of carbonyl (C=O) groups excluding carboxylic acids is 1. The van der Waals surface area contributed by atoms with Crippen LogP contribution in [0.3, 0.4) is 0 Å². The summed E-state index contributed by atoms with van der Waals surface area (Å²) >= 11 is 0. The predicted octanol–water partition coefficient (Wildman–Crippen LogP) is 3.61. The lowest BCUT2D eigenvalue weighted by atomic mass is 9.94. The van der Waals surface area contributed by atoms with Crippen molar-refractivity contribution in [1.82, 2.24) is 20.0 Å². The summed E-state index contributed by atoms with van der Waals surface area (Å²) in [6, 6.07) is 17.8. The number of methoxy groups -OCH3 is 2. The van der Waals surface area contributed by atoms with Gasteiger partial charge in [-0.1, -0.05) is 30.3 Å². The molecule has 1 aliphatic carbocycles. The molecule has 3 aromatic rings. The van der Waals surface area contributed by atoms with Crippen LogP contribution < -0.4 is 15.4 Å². The summed E-state index contributed by atoms with van der Waals surface area (Å²) in [6.45, 7) is 3.09. The zero-order valence-corrected chi connectivity index (χ0v) is 20.4. The first kappa shape index (κ1) is 23.4. The predicted molar refractivity (Wildman–Crippen MR) is 136 cm³/mol. The molecule has 8 nitrogen and oxygen atoms in total. The molecule has 1 aliphatic heterocycles.